The molecule has 0 fully saturated rings. The fraction of sp³-hybridized carbons (Fsp3) is 0.600. The van der Waals surface area contributed by atoms with Crippen molar-refractivity contribution in [3.8, 4) is 0 Å². The van der Waals surface area contributed by atoms with Crippen molar-refractivity contribution in [3.05, 3.63) is 0 Å². The van der Waals surface area contributed by atoms with Gasteiger partial charge in [0.1, 0.15) is 0 Å². The molecule has 0 heterocycles. The lowest BCUT2D eigenvalue weighted by Crippen LogP contribution is -2.08. The Kier molecular flexibility index (Phi) is 23.2. The van der Waals surface area contributed by atoms with Gasteiger partial charge >= 0.3 is 24.2 Å². The van der Waals surface area contributed by atoms with Crippen LogP contribution in [0.15, 0.2) is 0 Å². The third-order valence-corrected chi connectivity index (χ3v) is 1.12. The summed E-state index contributed by atoms with van der Waals surface area (Å²) >= 11 is 0. The average molecular weight is 332 g/mol. The first-order valence-corrected chi connectivity index (χ1v) is 5.37. The Labute approximate surface area is 125 Å². The van der Waals surface area contributed by atoms with Gasteiger partial charge in [0.25, 0.3) is 0 Å². The molecule has 22 heavy (non-hydrogen) atoms. The predicted octanol–water partition coefficient (Wildman–Crippen LogP) is 1.76. The van der Waals surface area contributed by atoms with Crippen LogP contribution >= 0.6 is 0 Å². The van der Waals surface area contributed by atoms with E-state index in [1.165, 1.54) is 0 Å². The maximum absolute atomic E-state index is 10.0. The monoisotopic (exact) mass is 332 g/mol. The number of hydrogen-bond acceptors (Lipinski definition) is 8. The van der Waals surface area contributed by atoms with E-state index in [-0.39, 0.29) is 11.8 Å². The van der Waals surface area contributed by atoms with Gasteiger partial charge in [-0.25, -0.2) is 19.2 Å². The largest absolute Gasteiger partial charge is 0.503 e. The van der Waals surface area contributed by atoms with Crippen molar-refractivity contribution in [2.24, 2.45) is 11.8 Å². The number of carbonyl (C=O) groups is 4. The second-order valence-corrected chi connectivity index (χ2v) is 3.70. The summed E-state index contributed by atoms with van der Waals surface area (Å²) in [5, 5.41) is 43.2. The lowest BCUT2D eigenvalue weighted by molar-refractivity contribution is -0.238. The molecule has 0 rings (SSSR count). The highest BCUT2D eigenvalue weighted by Crippen LogP contribution is 1.92. The Balaban J connectivity index is -0.000000102. The van der Waals surface area contributed by atoms with Gasteiger partial charge in [-0.1, -0.05) is 27.7 Å². The minimum absolute atomic E-state index is 0.245. The number of carboxylic acid groups (broad SMARTS) is 4. The molecule has 0 aliphatic heterocycles. The van der Waals surface area contributed by atoms with Gasteiger partial charge in [0, 0.05) is 0 Å². The zero-order chi connectivity index (χ0) is 18.9. The van der Waals surface area contributed by atoms with E-state index in [1.807, 2.05) is 0 Å². The standard InChI is InChI=1S/2C4H8O3.2CH2O3/c2*1-3(2)4(5)7-6;2*2-1(3)4/h2*3,6H,1-2H3;2*(H2,2,3,4). The van der Waals surface area contributed by atoms with E-state index < -0.39 is 24.2 Å². The van der Waals surface area contributed by atoms with Crippen molar-refractivity contribution < 1.29 is 59.9 Å². The van der Waals surface area contributed by atoms with Crippen LogP contribution in [-0.4, -0.2) is 55.2 Å². The number of hydrogen-bond donors (Lipinski definition) is 6. The highest BCUT2D eigenvalue weighted by Gasteiger charge is 2.06. The van der Waals surface area contributed by atoms with Crippen LogP contribution in [0.2, 0.25) is 0 Å². The van der Waals surface area contributed by atoms with E-state index in [0.29, 0.717) is 0 Å². The van der Waals surface area contributed by atoms with Crippen LogP contribution in [0.3, 0.4) is 0 Å². The van der Waals surface area contributed by atoms with Gasteiger partial charge < -0.3 is 30.2 Å². The SMILES string of the molecule is CC(C)C(=O)OO.CC(C)C(=O)OO.O=C(O)O.O=C(O)O. The normalized spacial score (nSPS) is 8.00. The zero-order valence-electron chi connectivity index (χ0n) is 12.3. The first kappa shape index (κ1) is 27.7. The van der Waals surface area contributed by atoms with Crippen LogP contribution in [0.25, 0.3) is 0 Å². The lowest BCUT2D eigenvalue weighted by Gasteiger charge is -1.94. The van der Waals surface area contributed by atoms with E-state index in [0.717, 1.165) is 0 Å². The predicted molar refractivity (Wildman–Crippen MR) is 68.4 cm³/mol. The summed E-state index contributed by atoms with van der Waals surface area (Å²) in [6.07, 6.45) is -3.67. The summed E-state index contributed by atoms with van der Waals surface area (Å²) in [6.45, 7) is 6.55. The molecule has 0 aliphatic carbocycles. The maximum Gasteiger partial charge on any atom is 0.503 e. The van der Waals surface area contributed by atoms with Crippen molar-refractivity contribution in [2.45, 2.75) is 27.7 Å². The zero-order valence-corrected chi connectivity index (χ0v) is 12.3. The smallest absolute Gasteiger partial charge is 0.450 e. The van der Waals surface area contributed by atoms with Gasteiger partial charge in [-0.05, 0) is 0 Å². The number of rotatable bonds is 2. The van der Waals surface area contributed by atoms with E-state index in [9.17, 15) is 9.59 Å². The highest BCUT2D eigenvalue weighted by molar-refractivity contribution is 5.70. The van der Waals surface area contributed by atoms with Crippen LogP contribution in [0.5, 0.6) is 0 Å². The summed E-state index contributed by atoms with van der Waals surface area (Å²) in [6, 6.07) is 0. The molecule has 0 saturated heterocycles. The van der Waals surface area contributed by atoms with E-state index in [1.54, 1.807) is 27.7 Å². The summed E-state index contributed by atoms with van der Waals surface area (Å²) in [7, 11) is 0. The van der Waals surface area contributed by atoms with Crippen molar-refractivity contribution in [2.75, 3.05) is 0 Å². The Bertz CT molecular complexity index is 282. The van der Waals surface area contributed by atoms with Crippen LogP contribution in [0.1, 0.15) is 27.7 Å². The molecule has 12 nitrogen and oxygen atoms in total. The van der Waals surface area contributed by atoms with E-state index in [2.05, 4.69) is 9.78 Å². The van der Waals surface area contributed by atoms with E-state index in [4.69, 9.17) is 40.5 Å². The van der Waals surface area contributed by atoms with Gasteiger partial charge in [0.2, 0.25) is 0 Å². The fourth-order valence-electron chi connectivity index (χ4n) is 0.211. The van der Waals surface area contributed by atoms with Gasteiger partial charge in [-0.3, -0.25) is 0 Å². The molecule has 0 aliphatic rings. The minimum atomic E-state index is -1.83. The molecule has 6 N–H and O–H groups in total. The van der Waals surface area contributed by atoms with E-state index >= 15 is 0 Å². The second-order valence-electron chi connectivity index (χ2n) is 3.70. The Morgan fingerprint density at radius 3 is 0.773 bits per heavy atom. The van der Waals surface area contributed by atoms with Gasteiger partial charge in [-0.15, -0.1) is 0 Å². The summed E-state index contributed by atoms with van der Waals surface area (Å²) in [4.78, 5) is 43.9. The van der Waals surface area contributed by atoms with Gasteiger partial charge in [0.05, 0.1) is 11.8 Å². The molecule has 0 radical (unpaired) electrons. The molecular weight excluding hydrogens is 312 g/mol. The van der Waals surface area contributed by atoms with Gasteiger partial charge in [-0.2, -0.15) is 10.5 Å². The molecule has 0 saturated carbocycles. The first-order chi connectivity index (χ1) is 9.83. The molecule has 0 atom stereocenters. The van der Waals surface area contributed by atoms with Crippen molar-refractivity contribution in [1.82, 2.24) is 0 Å². The molecule has 0 amide bonds. The van der Waals surface area contributed by atoms with Crippen LogP contribution in [0, 0.1) is 11.8 Å². The Morgan fingerprint density at radius 2 is 0.773 bits per heavy atom. The summed E-state index contributed by atoms with van der Waals surface area (Å²) in [5.41, 5.74) is 0. The fourth-order valence-corrected chi connectivity index (χ4v) is 0.211. The third kappa shape index (κ3) is 53.0. The third-order valence-electron chi connectivity index (χ3n) is 1.12. The Hall–Kier alpha value is -2.60. The Morgan fingerprint density at radius 1 is 0.636 bits per heavy atom. The van der Waals surface area contributed by atoms with Crippen molar-refractivity contribution in [1.29, 1.82) is 0 Å². The van der Waals surface area contributed by atoms with Gasteiger partial charge in [0.15, 0.2) is 0 Å². The first-order valence-electron chi connectivity index (χ1n) is 5.37. The molecule has 0 aromatic rings. The number of carbonyl (C=O) groups excluding carboxylic acids is 2. The van der Waals surface area contributed by atoms with Crippen molar-refractivity contribution in [3.63, 3.8) is 0 Å². The van der Waals surface area contributed by atoms with Crippen molar-refractivity contribution >= 4 is 24.2 Å². The summed E-state index contributed by atoms with van der Waals surface area (Å²) < 4.78 is 0. The average Bonchev–Trinajstić information content (AvgIpc) is 2.35. The summed E-state index contributed by atoms with van der Waals surface area (Å²) in [5.74, 6) is -1.69. The molecule has 12 heteroatoms. The molecule has 0 unspecified atom stereocenters. The molecule has 0 aromatic heterocycles. The van der Waals surface area contributed by atoms with Crippen LogP contribution in [-0.2, 0) is 19.4 Å². The quantitative estimate of drug-likeness (QED) is 0.315. The lowest BCUT2D eigenvalue weighted by atomic mass is 10.2. The van der Waals surface area contributed by atoms with Crippen LogP contribution in [0.4, 0.5) is 9.59 Å². The van der Waals surface area contributed by atoms with Crippen LogP contribution < -0.4 is 0 Å². The molecule has 0 spiro atoms. The minimum Gasteiger partial charge on any atom is -0.450 e. The molecule has 0 bridgehead atoms. The molecule has 132 valence electrons. The maximum atomic E-state index is 10.0. The highest BCUT2D eigenvalue weighted by atomic mass is 17.1. The molecule has 0 aromatic carbocycles. The topological polar surface area (TPSA) is 208 Å². The molecular formula is C10H20O12. The second kappa shape index (κ2) is 18.4.